The third kappa shape index (κ3) is 1.86. The summed E-state index contributed by atoms with van der Waals surface area (Å²) in [7, 11) is 0. The minimum atomic E-state index is 0.303. The predicted octanol–water partition coefficient (Wildman–Crippen LogP) is 4.52. The van der Waals surface area contributed by atoms with E-state index >= 15 is 0 Å². The third-order valence-electron chi connectivity index (χ3n) is 6.28. The molecule has 3 atom stereocenters. The predicted molar refractivity (Wildman–Crippen MR) is 84.6 cm³/mol. The van der Waals surface area contributed by atoms with Crippen LogP contribution in [-0.4, -0.2) is 19.3 Å². The monoisotopic (exact) mass is 348 g/mol. The van der Waals surface area contributed by atoms with Crippen LogP contribution in [0.2, 0.25) is 0 Å². The third-order valence-corrected chi connectivity index (χ3v) is 6.77. The number of benzene rings is 1. The van der Waals surface area contributed by atoms with E-state index in [1.807, 2.05) is 0 Å². The first kappa shape index (κ1) is 13.0. The first-order chi connectivity index (χ1) is 10.3. The van der Waals surface area contributed by atoms with E-state index < -0.39 is 0 Å². The molecule has 2 saturated carbocycles. The van der Waals surface area contributed by atoms with Gasteiger partial charge in [-0.15, -0.1) is 0 Å². The van der Waals surface area contributed by atoms with E-state index in [9.17, 15) is 0 Å². The molecule has 0 amide bonds. The molecule has 2 heterocycles. The average Bonchev–Trinajstić information content (AvgIpc) is 3.18. The normalized spacial score (nSPS) is 35.8. The molecule has 1 saturated heterocycles. The minimum Gasteiger partial charge on any atom is -0.489 e. The van der Waals surface area contributed by atoms with E-state index in [-0.39, 0.29) is 0 Å². The number of hydrogen-bond acceptors (Lipinski definition) is 2. The largest absolute Gasteiger partial charge is 0.489 e. The highest BCUT2D eigenvalue weighted by atomic mass is 79.9. The summed E-state index contributed by atoms with van der Waals surface area (Å²) < 4.78 is 13.5. The lowest BCUT2D eigenvalue weighted by Crippen LogP contribution is -2.60. The Morgan fingerprint density at radius 2 is 2.00 bits per heavy atom. The van der Waals surface area contributed by atoms with Crippen molar-refractivity contribution in [2.24, 2.45) is 17.3 Å². The van der Waals surface area contributed by atoms with Crippen molar-refractivity contribution in [1.82, 2.24) is 0 Å². The van der Waals surface area contributed by atoms with Crippen molar-refractivity contribution in [3.63, 3.8) is 0 Å². The van der Waals surface area contributed by atoms with Gasteiger partial charge in [0.1, 0.15) is 11.9 Å². The topological polar surface area (TPSA) is 18.5 Å². The fourth-order valence-corrected chi connectivity index (χ4v) is 5.04. The Labute approximate surface area is 134 Å². The molecule has 1 spiro atoms. The molecule has 112 valence electrons. The minimum absolute atomic E-state index is 0.303. The maximum atomic E-state index is 6.60. The van der Waals surface area contributed by atoms with E-state index in [4.69, 9.17) is 9.47 Å². The maximum absolute atomic E-state index is 6.60. The maximum Gasteiger partial charge on any atom is 0.123 e. The van der Waals surface area contributed by atoms with Gasteiger partial charge in [0.2, 0.25) is 0 Å². The van der Waals surface area contributed by atoms with Gasteiger partial charge in [-0.2, -0.15) is 0 Å². The van der Waals surface area contributed by atoms with Crippen LogP contribution in [-0.2, 0) is 4.74 Å². The average molecular weight is 349 g/mol. The highest BCUT2D eigenvalue weighted by Crippen LogP contribution is 2.61. The lowest BCUT2D eigenvalue weighted by molar-refractivity contribution is -0.210. The first-order valence-corrected chi connectivity index (χ1v) is 9.09. The molecule has 2 aliphatic carbocycles. The van der Waals surface area contributed by atoms with Gasteiger partial charge in [0.05, 0.1) is 18.6 Å². The Balaban J connectivity index is 1.57. The summed E-state index contributed by atoms with van der Waals surface area (Å²) in [6, 6.07) is 6.59. The van der Waals surface area contributed by atoms with Crippen molar-refractivity contribution in [2.75, 3.05) is 13.2 Å². The summed E-state index contributed by atoms with van der Waals surface area (Å²) >= 11 is 3.63. The second-order valence-electron chi connectivity index (χ2n) is 7.48. The molecule has 3 unspecified atom stereocenters. The molecule has 3 fully saturated rings. The highest BCUT2D eigenvalue weighted by Gasteiger charge is 2.60. The molecule has 3 heteroatoms. The van der Waals surface area contributed by atoms with Crippen LogP contribution in [0, 0.1) is 17.3 Å². The fourth-order valence-electron chi connectivity index (χ4n) is 4.66. The van der Waals surface area contributed by atoms with Crippen LogP contribution < -0.4 is 4.74 Å². The van der Waals surface area contributed by atoms with E-state index in [0.29, 0.717) is 17.4 Å². The second kappa shape index (κ2) is 4.48. The van der Waals surface area contributed by atoms with E-state index in [1.54, 1.807) is 0 Å². The molecule has 0 N–H and O–H groups in total. The van der Waals surface area contributed by atoms with Crippen molar-refractivity contribution >= 4 is 15.9 Å². The van der Waals surface area contributed by atoms with Crippen LogP contribution >= 0.6 is 15.9 Å². The fraction of sp³-hybridized carbons (Fsp3) is 0.667. The Kier molecular flexibility index (Phi) is 2.76. The summed E-state index contributed by atoms with van der Waals surface area (Å²) in [5.41, 5.74) is 1.74. The quantitative estimate of drug-likeness (QED) is 0.782. The molecule has 0 bridgehead atoms. The summed E-state index contributed by atoms with van der Waals surface area (Å²) in [5, 5.41) is 0. The molecular formula is C18H21BrO2. The van der Waals surface area contributed by atoms with E-state index in [2.05, 4.69) is 34.1 Å². The van der Waals surface area contributed by atoms with Crippen LogP contribution in [0.15, 0.2) is 22.7 Å². The van der Waals surface area contributed by atoms with Gasteiger partial charge < -0.3 is 9.47 Å². The van der Waals surface area contributed by atoms with Crippen molar-refractivity contribution < 1.29 is 9.47 Å². The Morgan fingerprint density at radius 1 is 1.14 bits per heavy atom. The lowest BCUT2D eigenvalue weighted by atomic mass is 9.54. The van der Waals surface area contributed by atoms with Crippen molar-refractivity contribution in [3.05, 3.63) is 28.2 Å². The molecule has 4 aliphatic rings. The number of fused-ring (bicyclic) bond motifs is 4. The Bertz CT molecular complexity index is 577. The molecule has 2 aliphatic heterocycles. The molecule has 0 aromatic heterocycles. The van der Waals surface area contributed by atoms with Crippen LogP contribution in [0.4, 0.5) is 0 Å². The first-order valence-electron chi connectivity index (χ1n) is 8.30. The van der Waals surface area contributed by atoms with Crippen molar-refractivity contribution in [1.29, 1.82) is 0 Å². The molecule has 1 aromatic rings. The zero-order valence-electron chi connectivity index (χ0n) is 12.2. The molecule has 5 rings (SSSR count). The van der Waals surface area contributed by atoms with Crippen LogP contribution in [0.25, 0.3) is 0 Å². The Hall–Kier alpha value is -0.540. The van der Waals surface area contributed by atoms with Gasteiger partial charge in [0.15, 0.2) is 0 Å². The summed E-state index contributed by atoms with van der Waals surface area (Å²) in [6.07, 6.45) is 7.08. The Morgan fingerprint density at radius 3 is 2.62 bits per heavy atom. The zero-order chi connectivity index (χ0) is 14.0. The lowest BCUT2D eigenvalue weighted by Gasteiger charge is -2.55. The highest BCUT2D eigenvalue weighted by molar-refractivity contribution is 9.10. The molecule has 1 aromatic carbocycles. The second-order valence-corrected chi connectivity index (χ2v) is 8.40. The van der Waals surface area contributed by atoms with Gasteiger partial charge >= 0.3 is 0 Å². The summed E-state index contributed by atoms with van der Waals surface area (Å²) in [4.78, 5) is 0. The molecule has 2 nitrogen and oxygen atoms in total. The van der Waals surface area contributed by atoms with Gasteiger partial charge in [0, 0.05) is 4.47 Å². The van der Waals surface area contributed by atoms with Crippen molar-refractivity contribution in [2.45, 2.75) is 44.1 Å². The standard InChI is InChI=1S/C18H21BrO2/c19-12-3-6-16-14(8-12)13-4-5-15(13)18(9-20-10-18)17(21-16)7-11-1-2-11/h3,6,8,11,13,15,17H,1-2,4-5,7,9-10H2. The van der Waals surface area contributed by atoms with Gasteiger partial charge in [-0.1, -0.05) is 28.8 Å². The van der Waals surface area contributed by atoms with E-state index in [1.165, 1.54) is 42.1 Å². The van der Waals surface area contributed by atoms with Crippen LogP contribution in [0.5, 0.6) is 5.75 Å². The SMILES string of the molecule is Brc1ccc2c(c1)C1CCC1C1(COC1)C(CC1CC1)O2. The van der Waals surface area contributed by atoms with Gasteiger partial charge in [-0.25, -0.2) is 0 Å². The summed E-state index contributed by atoms with van der Waals surface area (Å²) in [5.74, 6) is 3.50. The number of ether oxygens (including phenoxy) is 2. The van der Waals surface area contributed by atoms with Gasteiger partial charge in [-0.3, -0.25) is 0 Å². The molecule has 0 radical (unpaired) electrons. The van der Waals surface area contributed by atoms with Gasteiger partial charge in [-0.05, 0) is 60.8 Å². The summed E-state index contributed by atoms with van der Waals surface area (Å²) in [6.45, 7) is 1.83. The van der Waals surface area contributed by atoms with E-state index in [0.717, 1.165) is 30.8 Å². The van der Waals surface area contributed by atoms with Crippen molar-refractivity contribution in [3.8, 4) is 5.75 Å². The number of rotatable bonds is 2. The number of halogens is 1. The molecular weight excluding hydrogens is 328 g/mol. The van der Waals surface area contributed by atoms with Gasteiger partial charge in [0.25, 0.3) is 0 Å². The van der Waals surface area contributed by atoms with Crippen LogP contribution in [0.3, 0.4) is 0 Å². The smallest absolute Gasteiger partial charge is 0.123 e. The number of hydrogen-bond donors (Lipinski definition) is 0. The van der Waals surface area contributed by atoms with Crippen LogP contribution in [0.1, 0.15) is 43.6 Å². The zero-order valence-corrected chi connectivity index (χ0v) is 13.8. The molecule has 21 heavy (non-hydrogen) atoms.